The molecule has 0 saturated carbocycles. The predicted octanol–water partition coefficient (Wildman–Crippen LogP) is 3.70. The number of aliphatic imine (C=N–C) groups is 1. The van der Waals surface area contributed by atoms with E-state index in [4.69, 9.17) is 9.15 Å². The van der Waals surface area contributed by atoms with Gasteiger partial charge in [0.2, 0.25) is 0 Å². The van der Waals surface area contributed by atoms with Crippen molar-refractivity contribution in [1.29, 1.82) is 0 Å². The lowest BCUT2D eigenvalue weighted by atomic mass is 10.2. The van der Waals surface area contributed by atoms with E-state index >= 15 is 0 Å². The second-order valence-corrected chi connectivity index (χ2v) is 6.45. The summed E-state index contributed by atoms with van der Waals surface area (Å²) in [6.45, 7) is 3.89. The van der Waals surface area contributed by atoms with Crippen LogP contribution in [0.25, 0.3) is 10.9 Å². The molecular formula is C21H27IN4O3. The van der Waals surface area contributed by atoms with E-state index in [1.807, 2.05) is 0 Å². The average molecular weight is 510 g/mol. The molecule has 0 radical (unpaired) electrons. The average Bonchev–Trinajstić information content (AvgIpc) is 3.30. The minimum Gasteiger partial charge on any atom is -0.465 e. The fourth-order valence-electron chi connectivity index (χ4n) is 3.13. The SMILES string of the molecule is CN=C(NCCCn1ccc2ccccc21)NCc1cc(C(=O)OC)c(C)o1.I. The van der Waals surface area contributed by atoms with Crippen molar-refractivity contribution in [3.8, 4) is 0 Å². The predicted molar refractivity (Wildman–Crippen MR) is 125 cm³/mol. The summed E-state index contributed by atoms with van der Waals surface area (Å²) < 4.78 is 12.6. The zero-order valence-electron chi connectivity index (χ0n) is 16.9. The van der Waals surface area contributed by atoms with Gasteiger partial charge in [-0.15, -0.1) is 24.0 Å². The second kappa shape index (κ2) is 10.9. The van der Waals surface area contributed by atoms with E-state index in [2.05, 4.69) is 56.7 Å². The van der Waals surface area contributed by atoms with Crippen molar-refractivity contribution in [2.75, 3.05) is 20.7 Å². The second-order valence-electron chi connectivity index (χ2n) is 6.45. The van der Waals surface area contributed by atoms with Crippen molar-refractivity contribution in [3.05, 3.63) is 59.7 Å². The van der Waals surface area contributed by atoms with Crippen LogP contribution in [0.2, 0.25) is 0 Å². The molecular weight excluding hydrogens is 483 g/mol. The number of furan rings is 1. The molecule has 0 spiro atoms. The van der Waals surface area contributed by atoms with E-state index in [0.29, 0.717) is 29.6 Å². The Labute approximate surface area is 187 Å². The molecule has 0 aliphatic carbocycles. The van der Waals surface area contributed by atoms with Crippen LogP contribution in [0.3, 0.4) is 0 Å². The van der Waals surface area contributed by atoms with Crippen molar-refractivity contribution >= 4 is 46.8 Å². The van der Waals surface area contributed by atoms with Gasteiger partial charge in [-0.3, -0.25) is 4.99 Å². The number of carbonyl (C=O) groups excluding carboxylic acids is 1. The van der Waals surface area contributed by atoms with E-state index in [0.717, 1.165) is 19.5 Å². The molecule has 2 aromatic heterocycles. The quantitative estimate of drug-likeness (QED) is 0.167. The number of para-hydroxylation sites is 1. The Kier molecular flexibility index (Phi) is 8.56. The highest BCUT2D eigenvalue weighted by Gasteiger charge is 2.15. The van der Waals surface area contributed by atoms with Crippen molar-refractivity contribution in [3.63, 3.8) is 0 Å². The lowest BCUT2D eigenvalue weighted by molar-refractivity contribution is 0.0599. The molecule has 3 aromatic rings. The zero-order chi connectivity index (χ0) is 19.9. The van der Waals surface area contributed by atoms with Gasteiger partial charge >= 0.3 is 5.97 Å². The van der Waals surface area contributed by atoms with Gasteiger partial charge in [-0.1, -0.05) is 18.2 Å². The van der Waals surface area contributed by atoms with Crippen LogP contribution in [0.15, 0.2) is 52.0 Å². The first kappa shape index (κ1) is 22.8. The number of benzene rings is 1. The van der Waals surface area contributed by atoms with E-state index in [9.17, 15) is 4.79 Å². The molecule has 0 saturated heterocycles. The topological polar surface area (TPSA) is 80.8 Å². The summed E-state index contributed by atoms with van der Waals surface area (Å²) >= 11 is 0. The number of aromatic nitrogens is 1. The summed E-state index contributed by atoms with van der Waals surface area (Å²) in [6, 6.07) is 12.2. The monoisotopic (exact) mass is 510 g/mol. The summed E-state index contributed by atoms with van der Waals surface area (Å²) in [6.07, 6.45) is 3.08. The minimum absolute atomic E-state index is 0. The van der Waals surface area contributed by atoms with E-state index < -0.39 is 5.97 Å². The lowest BCUT2D eigenvalue weighted by Gasteiger charge is -2.11. The number of carbonyl (C=O) groups is 1. The number of guanidine groups is 1. The van der Waals surface area contributed by atoms with E-state index in [1.54, 1.807) is 20.0 Å². The maximum absolute atomic E-state index is 11.7. The third-order valence-electron chi connectivity index (χ3n) is 4.58. The number of halogens is 1. The summed E-state index contributed by atoms with van der Waals surface area (Å²) in [5, 5.41) is 7.75. The molecule has 3 rings (SSSR count). The summed E-state index contributed by atoms with van der Waals surface area (Å²) in [5.41, 5.74) is 1.70. The number of hydrogen-bond donors (Lipinski definition) is 2. The maximum Gasteiger partial charge on any atom is 0.341 e. The highest BCUT2D eigenvalue weighted by atomic mass is 127. The van der Waals surface area contributed by atoms with Crippen LogP contribution < -0.4 is 10.6 Å². The van der Waals surface area contributed by atoms with Crippen molar-refractivity contribution in [1.82, 2.24) is 15.2 Å². The van der Waals surface area contributed by atoms with Crippen LogP contribution in [0.5, 0.6) is 0 Å². The van der Waals surface area contributed by atoms with E-state index in [-0.39, 0.29) is 24.0 Å². The molecule has 0 atom stereocenters. The molecule has 0 amide bonds. The van der Waals surface area contributed by atoms with Crippen LogP contribution in [0, 0.1) is 6.92 Å². The van der Waals surface area contributed by atoms with Crippen molar-refractivity contribution in [2.45, 2.75) is 26.4 Å². The number of hydrogen-bond acceptors (Lipinski definition) is 4. The minimum atomic E-state index is -0.396. The number of fused-ring (bicyclic) bond motifs is 1. The first-order valence-electron chi connectivity index (χ1n) is 9.28. The van der Waals surface area contributed by atoms with Crippen LogP contribution in [-0.4, -0.2) is 37.2 Å². The molecule has 0 bridgehead atoms. The standard InChI is InChI=1S/C21H26N4O3.HI/c1-15-18(20(26)27-3)13-17(28-15)14-24-21(22-2)23-10-6-11-25-12-9-16-7-4-5-8-19(16)25;/h4-5,7-9,12-13H,6,10-11,14H2,1-3H3,(H2,22,23,24);1H. The fraction of sp³-hybridized carbons (Fsp3) is 0.333. The number of aryl methyl sites for hydroxylation is 2. The number of ether oxygens (including phenoxy) is 1. The Morgan fingerprint density at radius 3 is 2.79 bits per heavy atom. The molecule has 7 nitrogen and oxygen atoms in total. The molecule has 0 unspecified atom stereocenters. The molecule has 156 valence electrons. The Hall–Kier alpha value is -2.49. The van der Waals surface area contributed by atoms with Crippen molar-refractivity contribution < 1.29 is 13.9 Å². The first-order chi connectivity index (χ1) is 13.6. The maximum atomic E-state index is 11.7. The van der Waals surface area contributed by atoms with Gasteiger partial charge in [-0.05, 0) is 36.9 Å². The summed E-state index contributed by atoms with van der Waals surface area (Å²) in [7, 11) is 3.08. The molecule has 0 fully saturated rings. The lowest BCUT2D eigenvalue weighted by Crippen LogP contribution is -2.37. The van der Waals surface area contributed by atoms with Gasteiger partial charge in [-0.25, -0.2) is 4.79 Å². The van der Waals surface area contributed by atoms with Gasteiger partial charge < -0.3 is 24.4 Å². The smallest absolute Gasteiger partial charge is 0.341 e. The zero-order valence-corrected chi connectivity index (χ0v) is 19.2. The molecule has 1 aromatic carbocycles. The van der Waals surface area contributed by atoms with E-state index in [1.165, 1.54) is 18.0 Å². The van der Waals surface area contributed by atoms with Gasteiger partial charge in [0, 0.05) is 31.9 Å². The first-order valence-corrected chi connectivity index (χ1v) is 9.28. The number of rotatable bonds is 7. The van der Waals surface area contributed by atoms with Crippen LogP contribution in [0.4, 0.5) is 0 Å². The fourth-order valence-corrected chi connectivity index (χ4v) is 3.13. The molecule has 0 aliphatic heterocycles. The summed E-state index contributed by atoms with van der Waals surface area (Å²) in [4.78, 5) is 15.9. The van der Waals surface area contributed by atoms with Gasteiger partial charge in [0.1, 0.15) is 17.1 Å². The third kappa shape index (κ3) is 5.75. The Bertz CT molecular complexity index is 977. The molecule has 2 N–H and O–H groups in total. The number of nitrogens with zero attached hydrogens (tertiary/aromatic N) is 2. The van der Waals surface area contributed by atoms with Crippen LogP contribution >= 0.6 is 24.0 Å². The number of nitrogens with one attached hydrogen (secondary N) is 2. The Morgan fingerprint density at radius 1 is 1.24 bits per heavy atom. The number of methoxy groups -OCH3 is 1. The summed E-state index contributed by atoms with van der Waals surface area (Å²) in [5.74, 6) is 1.49. The molecule has 29 heavy (non-hydrogen) atoms. The van der Waals surface area contributed by atoms with Crippen LogP contribution in [-0.2, 0) is 17.8 Å². The largest absolute Gasteiger partial charge is 0.465 e. The molecule has 2 heterocycles. The molecule has 8 heteroatoms. The van der Waals surface area contributed by atoms with Gasteiger partial charge in [0.25, 0.3) is 0 Å². The van der Waals surface area contributed by atoms with Crippen molar-refractivity contribution in [2.24, 2.45) is 4.99 Å². The van der Waals surface area contributed by atoms with Gasteiger partial charge in [0.05, 0.1) is 13.7 Å². The Morgan fingerprint density at radius 2 is 2.03 bits per heavy atom. The van der Waals surface area contributed by atoms with Gasteiger partial charge in [-0.2, -0.15) is 0 Å². The highest BCUT2D eigenvalue weighted by molar-refractivity contribution is 14.0. The number of esters is 1. The third-order valence-corrected chi connectivity index (χ3v) is 4.58. The normalized spacial score (nSPS) is 11.2. The highest BCUT2D eigenvalue weighted by Crippen LogP contribution is 2.16. The Balaban J connectivity index is 0.00000300. The van der Waals surface area contributed by atoms with Gasteiger partial charge in [0.15, 0.2) is 5.96 Å². The molecule has 0 aliphatic rings. The van der Waals surface area contributed by atoms with Crippen LogP contribution in [0.1, 0.15) is 28.3 Å².